The van der Waals surface area contributed by atoms with Crippen LogP contribution in [0.2, 0.25) is 0 Å². The van der Waals surface area contributed by atoms with Crippen LogP contribution >= 0.6 is 0 Å². The van der Waals surface area contributed by atoms with Crippen molar-refractivity contribution in [2.45, 2.75) is 44.4 Å². The summed E-state index contributed by atoms with van der Waals surface area (Å²) in [6.45, 7) is 1.57. The summed E-state index contributed by atoms with van der Waals surface area (Å²) in [4.78, 5) is 67.7. The summed E-state index contributed by atoms with van der Waals surface area (Å²) in [6, 6.07) is 23.6. The van der Waals surface area contributed by atoms with Crippen molar-refractivity contribution in [1.82, 2.24) is 21.3 Å². The predicted molar refractivity (Wildman–Crippen MR) is 159 cm³/mol. The van der Waals surface area contributed by atoms with E-state index in [1.165, 1.54) is 0 Å². The van der Waals surface area contributed by atoms with Gasteiger partial charge in [0.15, 0.2) is 0 Å². The van der Waals surface area contributed by atoms with Crippen LogP contribution in [0.3, 0.4) is 0 Å². The molecule has 0 fully saturated rings. The molecule has 0 aliphatic heterocycles. The van der Waals surface area contributed by atoms with Crippen molar-refractivity contribution in [3.8, 4) is 11.1 Å². The SMILES string of the molecule is C[C@H](NC(=O)NCCCC(=O)NCC(=O)NC(CC(=O)OOC(=O)C(F)(F)F)c1ccc(-c2ccccc2)cc1)c1ccccc1. The zero-order valence-corrected chi connectivity index (χ0v) is 24.8. The van der Waals surface area contributed by atoms with Crippen LogP contribution in [0.25, 0.3) is 11.1 Å². The minimum absolute atomic E-state index is 0.00305. The lowest BCUT2D eigenvalue weighted by Gasteiger charge is -2.19. The van der Waals surface area contributed by atoms with E-state index in [0.717, 1.165) is 16.7 Å². The molecule has 0 heterocycles. The third-order valence-corrected chi connectivity index (χ3v) is 6.53. The van der Waals surface area contributed by atoms with Gasteiger partial charge in [-0.1, -0.05) is 84.9 Å². The lowest BCUT2D eigenvalue weighted by atomic mass is 9.99. The van der Waals surface area contributed by atoms with Gasteiger partial charge in [0.25, 0.3) is 0 Å². The van der Waals surface area contributed by atoms with E-state index in [1.54, 1.807) is 24.3 Å². The zero-order valence-electron chi connectivity index (χ0n) is 24.8. The van der Waals surface area contributed by atoms with Crippen molar-refractivity contribution in [3.05, 3.63) is 96.1 Å². The van der Waals surface area contributed by atoms with Gasteiger partial charge in [-0.15, -0.1) is 0 Å². The van der Waals surface area contributed by atoms with Crippen molar-refractivity contribution in [3.63, 3.8) is 0 Å². The second kappa shape index (κ2) is 17.2. The van der Waals surface area contributed by atoms with E-state index in [0.29, 0.717) is 12.0 Å². The largest absolute Gasteiger partial charge is 0.495 e. The molecule has 0 saturated heterocycles. The summed E-state index contributed by atoms with van der Waals surface area (Å²) in [5, 5.41) is 10.4. The topological polar surface area (TPSA) is 152 Å². The van der Waals surface area contributed by atoms with Crippen molar-refractivity contribution >= 4 is 29.8 Å². The minimum Gasteiger partial charge on any atom is -0.347 e. The molecule has 4 N–H and O–H groups in total. The molecule has 0 bridgehead atoms. The molecule has 244 valence electrons. The number of urea groups is 1. The predicted octanol–water partition coefficient (Wildman–Crippen LogP) is 4.42. The third-order valence-electron chi connectivity index (χ3n) is 6.53. The number of carbonyl (C=O) groups excluding carboxylic acids is 5. The fourth-order valence-corrected chi connectivity index (χ4v) is 4.16. The van der Waals surface area contributed by atoms with Crippen LogP contribution in [-0.4, -0.2) is 49.0 Å². The third kappa shape index (κ3) is 11.9. The van der Waals surface area contributed by atoms with Crippen LogP contribution < -0.4 is 21.3 Å². The highest BCUT2D eigenvalue weighted by molar-refractivity contribution is 5.85. The Labute approximate surface area is 262 Å². The first-order chi connectivity index (χ1) is 21.9. The number of amides is 4. The molecule has 14 heteroatoms. The number of nitrogens with one attached hydrogen (secondary N) is 4. The van der Waals surface area contributed by atoms with Crippen molar-refractivity contribution in [1.29, 1.82) is 0 Å². The van der Waals surface area contributed by atoms with Crippen LogP contribution in [0.1, 0.15) is 49.4 Å². The van der Waals surface area contributed by atoms with E-state index >= 15 is 0 Å². The minimum atomic E-state index is -5.37. The number of carbonyl (C=O) groups is 5. The second-order valence-electron chi connectivity index (χ2n) is 10.0. The van der Waals surface area contributed by atoms with Crippen LogP contribution in [0.5, 0.6) is 0 Å². The summed E-state index contributed by atoms with van der Waals surface area (Å²) in [7, 11) is 0. The van der Waals surface area contributed by atoms with Crippen molar-refractivity contribution in [2.24, 2.45) is 0 Å². The maximum absolute atomic E-state index is 12.7. The average Bonchev–Trinajstić information content (AvgIpc) is 3.04. The van der Waals surface area contributed by atoms with Gasteiger partial charge in [0.05, 0.1) is 25.0 Å². The van der Waals surface area contributed by atoms with Gasteiger partial charge >= 0.3 is 24.1 Å². The van der Waals surface area contributed by atoms with Crippen LogP contribution in [0, 0.1) is 0 Å². The molecule has 3 rings (SSSR count). The first-order valence-electron chi connectivity index (χ1n) is 14.2. The van der Waals surface area contributed by atoms with Gasteiger partial charge in [-0.3, -0.25) is 9.59 Å². The highest BCUT2D eigenvalue weighted by Gasteiger charge is 2.43. The van der Waals surface area contributed by atoms with E-state index < -0.39 is 55.0 Å². The molecule has 3 aromatic rings. The van der Waals surface area contributed by atoms with E-state index in [2.05, 4.69) is 31.0 Å². The van der Waals surface area contributed by atoms with Crippen molar-refractivity contribution in [2.75, 3.05) is 13.1 Å². The molecule has 0 saturated carbocycles. The Morgan fingerprint density at radius 3 is 1.96 bits per heavy atom. The molecule has 46 heavy (non-hydrogen) atoms. The molecule has 2 atom stereocenters. The van der Waals surface area contributed by atoms with Crippen LogP contribution in [-0.2, 0) is 29.0 Å². The molecule has 3 aromatic carbocycles. The maximum atomic E-state index is 12.7. The maximum Gasteiger partial charge on any atom is 0.495 e. The van der Waals surface area contributed by atoms with Gasteiger partial charge in [0.2, 0.25) is 11.8 Å². The van der Waals surface area contributed by atoms with Gasteiger partial charge in [0.1, 0.15) is 0 Å². The van der Waals surface area contributed by atoms with Crippen LogP contribution in [0.15, 0.2) is 84.9 Å². The van der Waals surface area contributed by atoms with Gasteiger partial charge in [-0.2, -0.15) is 13.2 Å². The monoisotopic (exact) mass is 642 g/mol. The Hall–Kier alpha value is -5.40. The first kappa shape index (κ1) is 35.1. The summed E-state index contributed by atoms with van der Waals surface area (Å²) < 4.78 is 37.2. The fourth-order valence-electron chi connectivity index (χ4n) is 4.16. The molecule has 0 aliphatic rings. The quantitative estimate of drug-likeness (QED) is 0.122. The molecular formula is C32H33F3N4O7. The number of hydrogen-bond acceptors (Lipinski definition) is 7. The molecule has 0 radical (unpaired) electrons. The van der Waals surface area contributed by atoms with E-state index in [1.807, 2.05) is 67.6 Å². The first-order valence-corrected chi connectivity index (χ1v) is 14.2. The lowest BCUT2D eigenvalue weighted by molar-refractivity contribution is -0.286. The highest BCUT2D eigenvalue weighted by Crippen LogP contribution is 2.24. The van der Waals surface area contributed by atoms with Gasteiger partial charge in [-0.05, 0) is 35.6 Å². The number of rotatable bonds is 13. The molecule has 4 amide bonds. The Morgan fingerprint density at radius 2 is 1.33 bits per heavy atom. The fraction of sp³-hybridized carbons (Fsp3) is 0.281. The standard InChI is InChI=1S/C32H33F3N4O7/c1-21(22-9-4-2-5-10-22)38-31(44)36-18-8-13-27(40)37-20-28(41)39-26(19-29(42)45-46-30(43)32(33,34)35)25-16-14-24(15-17-25)23-11-6-3-7-12-23/h2-7,9-12,14-17,21,26H,8,13,18-20H2,1H3,(H,37,40)(H,39,41)(H2,36,38,44)/t21-,26?/m0/s1. The molecule has 0 aliphatic carbocycles. The molecule has 0 spiro atoms. The Bertz CT molecular complexity index is 1470. The average molecular weight is 643 g/mol. The van der Waals surface area contributed by atoms with Gasteiger partial charge in [-0.25, -0.2) is 24.2 Å². The number of hydrogen-bond donors (Lipinski definition) is 4. The summed E-state index contributed by atoms with van der Waals surface area (Å²) in [5.74, 6) is -5.25. The normalized spacial score (nSPS) is 12.2. The molecule has 1 unspecified atom stereocenters. The van der Waals surface area contributed by atoms with Crippen LogP contribution in [0.4, 0.5) is 18.0 Å². The van der Waals surface area contributed by atoms with E-state index in [9.17, 15) is 37.1 Å². The van der Waals surface area contributed by atoms with Crippen molar-refractivity contribution < 1.29 is 46.9 Å². The van der Waals surface area contributed by atoms with E-state index in [-0.39, 0.29) is 19.0 Å². The Balaban J connectivity index is 1.49. The van der Waals surface area contributed by atoms with Gasteiger partial charge in [0, 0.05) is 13.0 Å². The number of alkyl halides is 3. The zero-order chi connectivity index (χ0) is 33.5. The second-order valence-corrected chi connectivity index (χ2v) is 10.0. The smallest absolute Gasteiger partial charge is 0.347 e. The highest BCUT2D eigenvalue weighted by atomic mass is 19.4. The summed E-state index contributed by atoms with van der Waals surface area (Å²) in [6.07, 6.45) is -5.77. The Kier molecular flexibility index (Phi) is 13.1. The van der Waals surface area contributed by atoms with Gasteiger partial charge < -0.3 is 21.3 Å². The Morgan fingerprint density at radius 1 is 0.717 bits per heavy atom. The number of halogens is 3. The lowest BCUT2D eigenvalue weighted by Crippen LogP contribution is -2.40. The molecule has 11 nitrogen and oxygen atoms in total. The number of benzene rings is 3. The molecule has 0 aromatic heterocycles. The summed E-state index contributed by atoms with van der Waals surface area (Å²) >= 11 is 0. The molecular weight excluding hydrogens is 609 g/mol. The summed E-state index contributed by atoms with van der Waals surface area (Å²) in [5.41, 5.74) is 3.04. The van der Waals surface area contributed by atoms with E-state index in [4.69, 9.17) is 0 Å².